The van der Waals surface area contributed by atoms with Crippen molar-refractivity contribution in [1.29, 1.82) is 0 Å². The maximum atomic E-state index is 13.9. The van der Waals surface area contributed by atoms with E-state index in [0.29, 0.717) is 48.1 Å². The molecule has 3 fully saturated rings. The van der Waals surface area contributed by atoms with Crippen LogP contribution in [0.5, 0.6) is 0 Å². The molecule has 0 radical (unpaired) electrons. The lowest BCUT2D eigenvalue weighted by Gasteiger charge is -2.30. The first-order valence-corrected chi connectivity index (χ1v) is 23.0. The number of ether oxygens (including phenoxy) is 2. The van der Waals surface area contributed by atoms with Crippen LogP contribution in [0, 0.1) is 11.8 Å². The molecule has 6 atom stereocenters. The summed E-state index contributed by atoms with van der Waals surface area (Å²) < 4.78 is 9.57. The number of amides is 4. The second kappa shape index (κ2) is 17.8. The zero-order chi connectivity index (χ0) is 45.7. The Bertz CT molecular complexity index is 2710. The average Bonchev–Trinajstić information content (AvgIpc) is 4.18. The lowest BCUT2D eigenvalue weighted by Crippen LogP contribution is -2.51. The highest BCUT2D eigenvalue weighted by Gasteiger charge is 2.42. The molecule has 9 rings (SSSR count). The second-order valence-electron chi connectivity index (χ2n) is 18.7. The Morgan fingerprint density at radius 1 is 0.677 bits per heavy atom. The maximum absolute atomic E-state index is 13.9. The highest BCUT2D eigenvalue weighted by molar-refractivity contribution is 5.89. The second-order valence-corrected chi connectivity index (χ2v) is 18.7. The van der Waals surface area contributed by atoms with E-state index >= 15 is 0 Å². The molecule has 5 aromatic rings. The molecule has 4 N–H and O–H groups in total. The van der Waals surface area contributed by atoms with Gasteiger partial charge in [0.25, 0.3) is 5.56 Å². The third kappa shape index (κ3) is 8.14. The van der Waals surface area contributed by atoms with Gasteiger partial charge in [0.05, 0.1) is 49.1 Å². The molecule has 4 amide bonds. The van der Waals surface area contributed by atoms with Crippen molar-refractivity contribution in [1.82, 2.24) is 40.4 Å². The van der Waals surface area contributed by atoms with Crippen molar-refractivity contribution < 1.29 is 28.7 Å². The first-order valence-electron chi connectivity index (χ1n) is 23.0. The number of methoxy groups -OCH3 is 2. The van der Waals surface area contributed by atoms with Gasteiger partial charge in [-0.1, -0.05) is 70.2 Å². The summed E-state index contributed by atoms with van der Waals surface area (Å²) in [5.41, 5.74) is 9.45. The number of hydrogen-bond donors (Lipinski definition) is 4. The molecule has 340 valence electrons. The number of carbonyl (C=O) groups excluding carboxylic acids is 4. The predicted octanol–water partition coefficient (Wildman–Crippen LogP) is 8.10. The molecule has 4 aliphatic rings. The number of likely N-dealkylation sites (tertiary alicyclic amines) is 2. The number of imidazole rings is 1. The largest absolute Gasteiger partial charge is 0.453 e. The number of nitrogens with one attached hydrogen (secondary N) is 4. The molecule has 65 heavy (non-hydrogen) atoms. The number of hydrogen-bond acceptors (Lipinski definition) is 9. The predicted molar refractivity (Wildman–Crippen MR) is 246 cm³/mol. The first-order chi connectivity index (χ1) is 31.3. The highest BCUT2D eigenvalue weighted by atomic mass is 16.5. The number of aromatic nitrogens is 4. The SMILES string of the molecule is COC(=O)N[C@H](C(=O)N1CCCC1c1ncc(-c2ccc(-c3ccc(-c4ccc5nc([C@@H]6CCCN6C(=O)[C@@H](NC(=O)OC)C(C)C)[nH]c(=O)c5c4)c4c3C3CCC4C3)cc2)[nH]1)C(C)C. The summed E-state index contributed by atoms with van der Waals surface area (Å²) in [7, 11) is 2.57. The molecule has 2 saturated heterocycles. The van der Waals surface area contributed by atoms with E-state index in [1.807, 2.05) is 50.9 Å². The molecule has 3 unspecified atom stereocenters. The number of nitrogens with zero attached hydrogens (tertiary/aromatic N) is 4. The number of alkyl carbamates (subject to hydrolysis) is 2. The fourth-order valence-corrected chi connectivity index (χ4v) is 10.9. The number of benzene rings is 3. The zero-order valence-electron chi connectivity index (χ0n) is 37.9. The van der Waals surface area contributed by atoms with Crippen molar-refractivity contribution in [3.05, 3.63) is 93.9 Å². The Morgan fingerprint density at radius 3 is 1.75 bits per heavy atom. The summed E-state index contributed by atoms with van der Waals surface area (Å²) in [6, 6.07) is 16.8. The minimum absolute atomic E-state index is 0.114. The van der Waals surface area contributed by atoms with Gasteiger partial charge >= 0.3 is 12.2 Å². The fourth-order valence-electron chi connectivity index (χ4n) is 10.9. The molecular formula is C50H58N8O7. The lowest BCUT2D eigenvalue weighted by molar-refractivity contribution is -0.136. The Kier molecular flexibility index (Phi) is 12.0. The Balaban J connectivity index is 0.956. The number of rotatable bonds is 11. The zero-order valence-corrected chi connectivity index (χ0v) is 37.9. The molecule has 2 aliphatic heterocycles. The minimum atomic E-state index is -0.769. The van der Waals surface area contributed by atoms with E-state index in [9.17, 15) is 24.0 Å². The standard InChI is InChI=1S/C50H58N8O7/c1-26(2)42(54-49(62)64-5)47(60)57-21-7-9-38(57)44-51-25-37(53-44)29-13-11-28(12-14-29)33-18-19-34(41-32-16-15-31(23-32)40(33)41)30-17-20-36-35(24-30)46(59)56-45(52-36)39-10-8-22-58(39)48(61)43(27(3)4)55-50(63)65-6/h11-14,17-20,24-27,31-32,38-39,42-43H,7-10,15-16,21-23H2,1-6H3,(H,51,53)(H,54,62)(H,55,63)(H,52,56,59)/t31?,32?,38?,39-,42-,43-/m0/s1. The van der Waals surface area contributed by atoms with E-state index in [-0.39, 0.29) is 35.3 Å². The van der Waals surface area contributed by atoms with E-state index in [4.69, 9.17) is 19.4 Å². The summed E-state index contributed by atoms with van der Waals surface area (Å²) in [6.45, 7) is 8.65. The van der Waals surface area contributed by atoms with Crippen LogP contribution in [0.1, 0.15) is 119 Å². The molecular weight excluding hydrogens is 825 g/mol. The number of H-pyrrole nitrogens is 2. The smallest absolute Gasteiger partial charge is 0.407 e. The van der Waals surface area contributed by atoms with Gasteiger partial charge in [0.1, 0.15) is 23.7 Å². The van der Waals surface area contributed by atoms with Gasteiger partial charge in [-0.05, 0) is 120 Å². The van der Waals surface area contributed by atoms with Gasteiger partial charge in [-0.15, -0.1) is 0 Å². The number of fused-ring (bicyclic) bond motifs is 6. The van der Waals surface area contributed by atoms with E-state index in [2.05, 4.69) is 63.1 Å². The molecule has 2 bridgehead atoms. The Hall–Kier alpha value is -6.51. The van der Waals surface area contributed by atoms with Gasteiger partial charge in [-0.2, -0.15) is 0 Å². The fraction of sp³-hybridized carbons (Fsp3) is 0.460. The van der Waals surface area contributed by atoms with Crippen LogP contribution in [-0.2, 0) is 19.1 Å². The van der Waals surface area contributed by atoms with E-state index in [0.717, 1.165) is 72.3 Å². The summed E-state index contributed by atoms with van der Waals surface area (Å²) >= 11 is 0. The van der Waals surface area contributed by atoms with E-state index < -0.39 is 30.3 Å². The van der Waals surface area contributed by atoms with Crippen LogP contribution >= 0.6 is 0 Å². The highest BCUT2D eigenvalue weighted by Crippen LogP contribution is 2.58. The molecule has 0 spiro atoms. The number of aromatic amines is 2. The van der Waals surface area contributed by atoms with Crippen molar-refractivity contribution in [2.24, 2.45) is 11.8 Å². The summed E-state index contributed by atoms with van der Waals surface area (Å²) in [5.74, 6) is 1.44. The van der Waals surface area contributed by atoms with Gasteiger partial charge in [-0.25, -0.2) is 19.6 Å². The van der Waals surface area contributed by atoms with Crippen molar-refractivity contribution >= 4 is 34.9 Å². The maximum Gasteiger partial charge on any atom is 0.407 e. The molecule has 2 aromatic heterocycles. The molecule has 15 nitrogen and oxygen atoms in total. The third-order valence-electron chi connectivity index (χ3n) is 14.2. The number of carbonyl (C=O) groups is 4. The quantitative estimate of drug-likeness (QED) is 0.102. The van der Waals surface area contributed by atoms with Crippen molar-refractivity contribution in [3.63, 3.8) is 0 Å². The van der Waals surface area contributed by atoms with E-state index in [1.165, 1.54) is 30.9 Å². The van der Waals surface area contributed by atoms with E-state index in [1.54, 1.807) is 4.90 Å². The topological polar surface area (TPSA) is 192 Å². The lowest BCUT2D eigenvalue weighted by atomic mass is 9.81. The minimum Gasteiger partial charge on any atom is -0.453 e. The molecule has 3 aromatic carbocycles. The molecule has 15 heteroatoms. The normalized spacial score (nSPS) is 20.9. The summed E-state index contributed by atoms with van der Waals surface area (Å²) in [4.78, 5) is 85.1. The van der Waals surface area contributed by atoms with Crippen LogP contribution < -0.4 is 16.2 Å². The Morgan fingerprint density at radius 2 is 1.20 bits per heavy atom. The van der Waals surface area contributed by atoms with Crippen LogP contribution in [0.4, 0.5) is 9.59 Å². The van der Waals surface area contributed by atoms with Gasteiger partial charge in [0, 0.05) is 13.1 Å². The first kappa shape index (κ1) is 43.7. The van der Waals surface area contributed by atoms with Gasteiger partial charge in [0.15, 0.2) is 0 Å². The average molecular weight is 883 g/mol. The Labute approximate surface area is 378 Å². The van der Waals surface area contributed by atoms with Crippen LogP contribution in [0.25, 0.3) is 44.4 Å². The van der Waals surface area contributed by atoms with Crippen molar-refractivity contribution in [2.45, 2.75) is 109 Å². The molecule has 1 saturated carbocycles. The third-order valence-corrected chi connectivity index (χ3v) is 14.2. The summed E-state index contributed by atoms with van der Waals surface area (Å²) in [5, 5.41) is 5.89. The molecule has 4 heterocycles. The van der Waals surface area contributed by atoms with Gasteiger partial charge in [-0.3, -0.25) is 14.4 Å². The van der Waals surface area contributed by atoms with Crippen LogP contribution in [0.15, 0.2) is 65.6 Å². The molecule has 2 aliphatic carbocycles. The van der Waals surface area contributed by atoms with Gasteiger partial charge in [0.2, 0.25) is 11.8 Å². The van der Waals surface area contributed by atoms with Crippen LogP contribution in [0.3, 0.4) is 0 Å². The summed E-state index contributed by atoms with van der Waals surface area (Å²) in [6.07, 6.45) is 6.97. The van der Waals surface area contributed by atoms with Crippen LogP contribution in [-0.4, -0.2) is 93.1 Å². The van der Waals surface area contributed by atoms with Crippen LogP contribution in [0.2, 0.25) is 0 Å². The van der Waals surface area contributed by atoms with Crippen molar-refractivity contribution in [3.8, 4) is 33.5 Å². The monoisotopic (exact) mass is 882 g/mol. The van der Waals surface area contributed by atoms with Crippen molar-refractivity contribution in [2.75, 3.05) is 27.3 Å². The van der Waals surface area contributed by atoms with Gasteiger partial charge < -0.3 is 39.9 Å².